The maximum absolute atomic E-state index is 11.7. The predicted molar refractivity (Wildman–Crippen MR) is 94.5 cm³/mol. The molecule has 2 heterocycles. The third-order valence-electron chi connectivity index (χ3n) is 4.56. The van der Waals surface area contributed by atoms with E-state index in [0.29, 0.717) is 0 Å². The van der Waals surface area contributed by atoms with Crippen molar-refractivity contribution in [2.75, 3.05) is 25.1 Å². The summed E-state index contributed by atoms with van der Waals surface area (Å²) in [6, 6.07) is 9.76. The lowest BCUT2D eigenvalue weighted by molar-refractivity contribution is 0.416. The van der Waals surface area contributed by atoms with Gasteiger partial charge >= 0.3 is 0 Å². The second-order valence-corrected chi connectivity index (χ2v) is 6.01. The molecule has 4 heteroatoms. The second kappa shape index (κ2) is 6.90. The standard InChI is InChI=1S/C19H24N2O2/c1-3-14-7-10-18(22)20-19(14)16-9-8-15(13-17(16)23-2)21-11-5-4-6-12-21/h7-10,13H,3-6,11-12H2,1-2H3,(H,20,22). The Labute approximate surface area is 137 Å². The van der Waals surface area contributed by atoms with Crippen LogP contribution in [0.25, 0.3) is 11.3 Å². The Morgan fingerprint density at radius 1 is 1.13 bits per heavy atom. The van der Waals surface area contributed by atoms with Gasteiger partial charge in [0, 0.05) is 36.5 Å². The summed E-state index contributed by atoms with van der Waals surface area (Å²) in [5.41, 5.74) is 4.04. The first-order chi connectivity index (χ1) is 11.2. The van der Waals surface area contributed by atoms with E-state index < -0.39 is 0 Å². The minimum Gasteiger partial charge on any atom is -0.496 e. The molecule has 1 aliphatic rings. The van der Waals surface area contributed by atoms with Crippen molar-refractivity contribution >= 4 is 5.69 Å². The number of hydrogen-bond donors (Lipinski definition) is 1. The molecule has 3 rings (SSSR count). The number of ether oxygens (including phenoxy) is 1. The van der Waals surface area contributed by atoms with Crippen molar-refractivity contribution in [1.29, 1.82) is 0 Å². The van der Waals surface area contributed by atoms with Crippen molar-refractivity contribution in [3.63, 3.8) is 0 Å². The van der Waals surface area contributed by atoms with Gasteiger partial charge in [0.05, 0.1) is 12.8 Å². The average Bonchev–Trinajstić information content (AvgIpc) is 2.62. The van der Waals surface area contributed by atoms with Gasteiger partial charge in [0.1, 0.15) is 5.75 Å². The number of anilines is 1. The Bertz CT molecular complexity index is 730. The minimum atomic E-state index is -0.0839. The van der Waals surface area contributed by atoms with Crippen molar-refractivity contribution in [3.05, 3.63) is 46.2 Å². The molecule has 1 aromatic heterocycles. The van der Waals surface area contributed by atoms with E-state index in [0.717, 1.165) is 42.1 Å². The van der Waals surface area contributed by atoms with Crippen LogP contribution in [0, 0.1) is 0 Å². The molecule has 0 amide bonds. The molecule has 0 bridgehead atoms. The van der Waals surface area contributed by atoms with Gasteiger partial charge in [-0.1, -0.05) is 13.0 Å². The largest absolute Gasteiger partial charge is 0.496 e. The predicted octanol–water partition coefficient (Wildman–Crippen LogP) is 3.60. The summed E-state index contributed by atoms with van der Waals surface area (Å²) in [5.74, 6) is 0.810. The van der Waals surface area contributed by atoms with Crippen LogP contribution in [0.2, 0.25) is 0 Å². The second-order valence-electron chi connectivity index (χ2n) is 6.01. The fourth-order valence-corrected chi connectivity index (χ4v) is 3.27. The lowest BCUT2D eigenvalue weighted by Crippen LogP contribution is -2.29. The van der Waals surface area contributed by atoms with E-state index in [-0.39, 0.29) is 5.56 Å². The van der Waals surface area contributed by atoms with E-state index >= 15 is 0 Å². The van der Waals surface area contributed by atoms with E-state index in [9.17, 15) is 4.79 Å². The normalized spacial score (nSPS) is 14.8. The number of aryl methyl sites for hydroxylation is 1. The molecule has 122 valence electrons. The summed E-state index contributed by atoms with van der Waals surface area (Å²) in [6.45, 7) is 4.29. The van der Waals surface area contributed by atoms with Gasteiger partial charge in [0.15, 0.2) is 0 Å². The number of methoxy groups -OCH3 is 1. The van der Waals surface area contributed by atoms with Crippen molar-refractivity contribution in [2.24, 2.45) is 0 Å². The van der Waals surface area contributed by atoms with Gasteiger partial charge in [0.25, 0.3) is 0 Å². The zero-order valence-electron chi connectivity index (χ0n) is 13.9. The number of benzene rings is 1. The van der Waals surface area contributed by atoms with Gasteiger partial charge in [-0.3, -0.25) is 4.79 Å². The number of rotatable bonds is 4. The summed E-state index contributed by atoms with van der Waals surface area (Å²) in [6.07, 6.45) is 4.67. The zero-order chi connectivity index (χ0) is 16.2. The molecule has 1 saturated heterocycles. The van der Waals surface area contributed by atoms with Crippen molar-refractivity contribution in [3.8, 4) is 17.0 Å². The number of aromatic nitrogens is 1. The first-order valence-electron chi connectivity index (χ1n) is 8.38. The van der Waals surface area contributed by atoms with Crippen LogP contribution in [0.3, 0.4) is 0 Å². The quantitative estimate of drug-likeness (QED) is 0.938. The highest BCUT2D eigenvalue weighted by Gasteiger charge is 2.15. The van der Waals surface area contributed by atoms with Crippen LogP contribution in [0.5, 0.6) is 5.75 Å². The van der Waals surface area contributed by atoms with Gasteiger partial charge < -0.3 is 14.6 Å². The summed E-state index contributed by atoms with van der Waals surface area (Å²) in [7, 11) is 1.69. The molecule has 1 fully saturated rings. The number of piperidine rings is 1. The van der Waals surface area contributed by atoms with E-state index in [1.807, 2.05) is 6.07 Å². The first kappa shape index (κ1) is 15.7. The average molecular weight is 312 g/mol. The van der Waals surface area contributed by atoms with Gasteiger partial charge in [-0.2, -0.15) is 0 Å². The molecule has 0 aliphatic carbocycles. The van der Waals surface area contributed by atoms with Crippen LogP contribution in [0.1, 0.15) is 31.7 Å². The van der Waals surface area contributed by atoms with Gasteiger partial charge in [-0.05, 0) is 43.4 Å². The summed E-state index contributed by atoms with van der Waals surface area (Å²) >= 11 is 0. The molecule has 4 nitrogen and oxygen atoms in total. The number of aromatic amines is 1. The molecule has 23 heavy (non-hydrogen) atoms. The van der Waals surface area contributed by atoms with Gasteiger partial charge in [0.2, 0.25) is 5.56 Å². The molecular formula is C19H24N2O2. The molecule has 0 spiro atoms. The number of nitrogens with zero attached hydrogens (tertiary/aromatic N) is 1. The fraction of sp³-hybridized carbons (Fsp3) is 0.421. The number of H-pyrrole nitrogens is 1. The molecule has 0 unspecified atom stereocenters. The Balaban J connectivity index is 2.03. The van der Waals surface area contributed by atoms with Crippen LogP contribution < -0.4 is 15.2 Å². The number of pyridine rings is 1. The van der Waals surface area contributed by atoms with E-state index in [1.54, 1.807) is 13.2 Å². The molecule has 0 radical (unpaired) electrons. The molecule has 0 atom stereocenters. The first-order valence-corrected chi connectivity index (χ1v) is 8.38. The van der Waals surface area contributed by atoms with E-state index in [4.69, 9.17) is 4.74 Å². The molecule has 1 aromatic carbocycles. The summed E-state index contributed by atoms with van der Waals surface area (Å²) in [5, 5.41) is 0. The monoisotopic (exact) mass is 312 g/mol. The van der Waals surface area contributed by atoms with Crippen molar-refractivity contribution < 1.29 is 4.74 Å². The maximum atomic E-state index is 11.7. The Morgan fingerprint density at radius 2 is 1.91 bits per heavy atom. The van der Waals surface area contributed by atoms with Crippen LogP contribution in [-0.4, -0.2) is 25.2 Å². The maximum Gasteiger partial charge on any atom is 0.248 e. The van der Waals surface area contributed by atoms with Crippen molar-refractivity contribution in [1.82, 2.24) is 4.98 Å². The topological polar surface area (TPSA) is 45.3 Å². The molecular weight excluding hydrogens is 288 g/mol. The van der Waals surface area contributed by atoms with Gasteiger partial charge in [-0.25, -0.2) is 0 Å². The molecule has 0 saturated carbocycles. The van der Waals surface area contributed by atoms with E-state index in [1.165, 1.54) is 24.9 Å². The molecule has 1 aliphatic heterocycles. The minimum absolute atomic E-state index is 0.0839. The smallest absolute Gasteiger partial charge is 0.248 e. The number of hydrogen-bond acceptors (Lipinski definition) is 3. The summed E-state index contributed by atoms with van der Waals surface area (Å²) < 4.78 is 5.62. The highest BCUT2D eigenvalue weighted by molar-refractivity contribution is 5.73. The Morgan fingerprint density at radius 3 is 2.61 bits per heavy atom. The van der Waals surface area contributed by atoms with Crippen LogP contribution >= 0.6 is 0 Å². The summed E-state index contributed by atoms with van der Waals surface area (Å²) in [4.78, 5) is 17.1. The molecule has 1 N–H and O–H groups in total. The highest BCUT2D eigenvalue weighted by Crippen LogP contribution is 2.34. The van der Waals surface area contributed by atoms with Gasteiger partial charge in [-0.15, -0.1) is 0 Å². The Hall–Kier alpha value is -2.23. The highest BCUT2D eigenvalue weighted by atomic mass is 16.5. The Kier molecular flexibility index (Phi) is 4.70. The van der Waals surface area contributed by atoms with E-state index in [2.05, 4.69) is 35.0 Å². The lowest BCUT2D eigenvalue weighted by atomic mass is 10.0. The SMILES string of the molecule is CCc1ccc(=O)[nH]c1-c1ccc(N2CCCCC2)cc1OC. The number of nitrogens with one attached hydrogen (secondary N) is 1. The third-order valence-corrected chi connectivity index (χ3v) is 4.56. The third kappa shape index (κ3) is 3.26. The van der Waals surface area contributed by atoms with Crippen LogP contribution in [0.15, 0.2) is 35.1 Å². The van der Waals surface area contributed by atoms with Crippen LogP contribution in [-0.2, 0) is 6.42 Å². The van der Waals surface area contributed by atoms with Crippen LogP contribution in [0.4, 0.5) is 5.69 Å². The lowest BCUT2D eigenvalue weighted by Gasteiger charge is -2.29. The molecule has 2 aromatic rings. The van der Waals surface area contributed by atoms with Crippen molar-refractivity contribution in [2.45, 2.75) is 32.6 Å². The zero-order valence-corrected chi connectivity index (χ0v) is 13.9. The fourth-order valence-electron chi connectivity index (χ4n) is 3.27.